The van der Waals surface area contributed by atoms with Crippen LogP contribution in [0.2, 0.25) is 0 Å². The molecule has 3 nitrogen and oxygen atoms in total. The summed E-state index contributed by atoms with van der Waals surface area (Å²) < 4.78 is 5.59. The third kappa shape index (κ3) is 5.82. The molecule has 3 heteroatoms. The van der Waals surface area contributed by atoms with E-state index in [1.807, 2.05) is 24.3 Å². The lowest BCUT2D eigenvalue weighted by Crippen LogP contribution is -2.07. The summed E-state index contributed by atoms with van der Waals surface area (Å²) in [6.45, 7) is 5.88. The van der Waals surface area contributed by atoms with Crippen LogP contribution < -0.4 is 0 Å². The molecule has 0 heterocycles. The molecule has 18 heavy (non-hydrogen) atoms. The number of carboxylic acids is 1. The highest BCUT2D eigenvalue weighted by Crippen LogP contribution is 2.07. The summed E-state index contributed by atoms with van der Waals surface area (Å²) >= 11 is 0. The zero-order valence-electron chi connectivity index (χ0n) is 11.2. The number of ether oxygens (including phenoxy) is 1. The molecule has 0 aromatic heterocycles. The molecule has 1 atom stereocenters. The Labute approximate surface area is 109 Å². The lowest BCUT2D eigenvalue weighted by Gasteiger charge is -2.09. The summed E-state index contributed by atoms with van der Waals surface area (Å²) in [6, 6.07) is 7.70. The quantitative estimate of drug-likeness (QED) is 0.722. The Balaban J connectivity index is 2.28. The van der Waals surface area contributed by atoms with Crippen molar-refractivity contribution in [3.05, 3.63) is 35.4 Å². The lowest BCUT2D eigenvalue weighted by atomic mass is 10.1. The van der Waals surface area contributed by atoms with E-state index in [2.05, 4.69) is 13.8 Å². The molecule has 0 unspecified atom stereocenters. The Morgan fingerprint density at radius 2 is 1.89 bits per heavy atom. The van der Waals surface area contributed by atoms with Crippen molar-refractivity contribution in [2.75, 3.05) is 13.2 Å². The van der Waals surface area contributed by atoms with E-state index in [9.17, 15) is 4.79 Å². The third-order valence-corrected chi connectivity index (χ3v) is 3.01. The minimum Gasteiger partial charge on any atom is -0.481 e. The van der Waals surface area contributed by atoms with Gasteiger partial charge in [0.05, 0.1) is 13.0 Å². The van der Waals surface area contributed by atoms with Gasteiger partial charge in [-0.05, 0) is 23.5 Å². The highest BCUT2D eigenvalue weighted by Gasteiger charge is 2.01. The van der Waals surface area contributed by atoms with Gasteiger partial charge in [-0.15, -0.1) is 0 Å². The van der Waals surface area contributed by atoms with Crippen LogP contribution in [0.3, 0.4) is 0 Å². The first-order valence-corrected chi connectivity index (χ1v) is 6.49. The fraction of sp³-hybridized carbons (Fsp3) is 0.533. The largest absolute Gasteiger partial charge is 0.481 e. The van der Waals surface area contributed by atoms with Gasteiger partial charge in [0.1, 0.15) is 0 Å². The van der Waals surface area contributed by atoms with Gasteiger partial charge in [0.25, 0.3) is 0 Å². The maximum atomic E-state index is 10.5. The summed E-state index contributed by atoms with van der Waals surface area (Å²) in [5, 5.41) is 8.66. The van der Waals surface area contributed by atoms with Gasteiger partial charge in [-0.3, -0.25) is 4.79 Å². The first kappa shape index (κ1) is 14.7. The Bertz CT molecular complexity index is 357. The van der Waals surface area contributed by atoms with Crippen LogP contribution >= 0.6 is 0 Å². The maximum absolute atomic E-state index is 10.5. The minimum atomic E-state index is -0.792. The van der Waals surface area contributed by atoms with Crippen LogP contribution in [0.15, 0.2) is 24.3 Å². The van der Waals surface area contributed by atoms with E-state index in [1.165, 1.54) is 5.56 Å². The first-order valence-electron chi connectivity index (χ1n) is 6.49. The number of carbonyl (C=O) groups is 1. The van der Waals surface area contributed by atoms with Crippen LogP contribution in [-0.2, 0) is 22.4 Å². The zero-order chi connectivity index (χ0) is 13.4. The van der Waals surface area contributed by atoms with Crippen LogP contribution in [0, 0.1) is 5.92 Å². The predicted molar refractivity (Wildman–Crippen MR) is 71.8 cm³/mol. The monoisotopic (exact) mass is 250 g/mol. The summed E-state index contributed by atoms with van der Waals surface area (Å²) in [4.78, 5) is 10.5. The number of aliphatic carboxylic acids is 1. The molecular weight excluding hydrogens is 228 g/mol. The van der Waals surface area contributed by atoms with Gasteiger partial charge in [0, 0.05) is 6.61 Å². The van der Waals surface area contributed by atoms with E-state index in [0.29, 0.717) is 5.92 Å². The Morgan fingerprint density at radius 3 is 2.44 bits per heavy atom. The highest BCUT2D eigenvalue weighted by atomic mass is 16.5. The number of carboxylic acid groups (broad SMARTS) is 1. The smallest absolute Gasteiger partial charge is 0.307 e. The highest BCUT2D eigenvalue weighted by molar-refractivity contribution is 5.70. The fourth-order valence-corrected chi connectivity index (χ4v) is 1.59. The fourth-order valence-electron chi connectivity index (χ4n) is 1.59. The molecule has 0 saturated carbocycles. The van der Waals surface area contributed by atoms with Gasteiger partial charge < -0.3 is 9.84 Å². The van der Waals surface area contributed by atoms with Crippen molar-refractivity contribution < 1.29 is 14.6 Å². The van der Waals surface area contributed by atoms with Crippen LogP contribution in [-0.4, -0.2) is 24.3 Å². The molecule has 1 rings (SSSR count). The summed E-state index contributed by atoms with van der Waals surface area (Å²) in [5.41, 5.74) is 2.03. The molecule has 1 aromatic carbocycles. The minimum absolute atomic E-state index is 0.0881. The second kappa shape index (κ2) is 7.88. The topological polar surface area (TPSA) is 46.5 Å². The molecule has 0 amide bonds. The Hall–Kier alpha value is -1.35. The van der Waals surface area contributed by atoms with E-state index in [4.69, 9.17) is 9.84 Å². The Morgan fingerprint density at radius 1 is 1.28 bits per heavy atom. The standard InChI is InChI=1S/C15H22O3/c1-3-12(2)11-18-9-8-13-4-6-14(7-5-13)10-15(16)17/h4-7,12H,3,8-11H2,1-2H3,(H,16,17)/t12-/m0/s1. The van der Waals surface area contributed by atoms with Gasteiger partial charge >= 0.3 is 5.97 Å². The summed E-state index contributed by atoms with van der Waals surface area (Å²) in [5.74, 6) is -0.178. The van der Waals surface area contributed by atoms with Crippen LogP contribution in [0.1, 0.15) is 31.4 Å². The second-order valence-corrected chi connectivity index (χ2v) is 4.73. The van der Waals surface area contributed by atoms with Crippen molar-refractivity contribution in [2.24, 2.45) is 5.92 Å². The third-order valence-electron chi connectivity index (χ3n) is 3.01. The number of rotatable bonds is 8. The molecule has 0 radical (unpaired) electrons. The molecule has 1 N–H and O–H groups in total. The van der Waals surface area contributed by atoms with Crippen molar-refractivity contribution >= 4 is 5.97 Å². The average Bonchev–Trinajstić information content (AvgIpc) is 2.35. The maximum Gasteiger partial charge on any atom is 0.307 e. The van der Waals surface area contributed by atoms with Gasteiger partial charge in [-0.25, -0.2) is 0 Å². The number of benzene rings is 1. The van der Waals surface area contributed by atoms with E-state index >= 15 is 0 Å². The van der Waals surface area contributed by atoms with Gasteiger partial charge in [0.15, 0.2) is 0 Å². The zero-order valence-corrected chi connectivity index (χ0v) is 11.2. The molecule has 0 aliphatic carbocycles. The van der Waals surface area contributed by atoms with Gasteiger partial charge in [-0.1, -0.05) is 44.5 Å². The van der Waals surface area contributed by atoms with Crippen molar-refractivity contribution in [1.82, 2.24) is 0 Å². The number of hydrogen-bond acceptors (Lipinski definition) is 2. The normalized spacial score (nSPS) is 12.3. The molecule has 100 valence electrons. The van der Waals surface area contributed by atoms with Crippen molar-refractivity contribution in [3.63, 3.8) is 0 Å². The average molecular weight is 250 g/mol. The van der Waals surface area contributed by atoms with Gasteiger partial charge in [0.2, 0.25) is 0 Å². The molecule has 0 saturated heterocycles. The van der Waals surface area contributed by atoms with Crippen LogP contribution in [0.25, 0.3) is 0 Å². The van der Waals surface area contributed by atoms with E-state index in [0.717, 1.165) is 31.6 Å². The van der Waals surface area contributed by atoms with E-state index in [-0.39, 0.29) is 6.42 Å². The van der Waals surface area contributed by atoms with Crippen LogP contribution in [0.4, 0.5) is 0 Å². The van der Waals surface area contributed by atoms with Crippen molar-refractivity contribution in [2.45, 2.75) is 33.1 Å². The molecule has 0 aliphatic rings. The summed E-state index contributed by atoms with van der Waals surface area (Å²) in [7, 11) is 0. The van der Waals surface area contributed by atoms with Crippen molar-refractivity contribution in [3.8, 4) is 0 Å². The SMILES string of the molecule is CC[C@H](C)COCCc1ccc(CC(=O)O)cc1. The van der Waals surface area contributed by atoms with Crippen LogP contribution in [0.5, 0.6) is 0 Å². The second-order valence-electron chi connectivity index (χ2n) is 4.73. The molecule has 0 bridgehead atoms. The molecule has 1 aromatic rings. The molecule has 0 aliphatic heterocycles. The predicted octanol–water partition coefficient (Wildman–Crippen LogP) is 2.92. The first-order chi connectivity index (χ1) is 8.61. The van der Waals surface area contributed by atoms with Gasteiger partial charge in [-0.2, -0.15) is 0 Å². The van der Waals surface area contributed by atoms with E-state index in [1.54, 1.807) is 0 Å². The van der Waals surface area contributed by atoms with E-state index < -0.39 is 5.97 Å². The molecule has 0 fully saturated rings. The molecule has 0 spiro atoms. The lowest BCUT2D eigenvalue weighted by molar-refractivity contribution is -0.136. The van der Waals surface area contributed by atoms with Crippen molar-refractivity contribution in [1.29, 1.82) is 0 Å². The Kier molecular flexibility index (Phi) is 6.44. The molecular formula is C15H22O3. The number of hydrogen-bond donors (Lipinski definition) is 1. The summed E-state index contributed by atoms with van der Waals surface area (Å²) in [6.07, 6.45) is 2.11.